The van der Waals surface area contributed by atoms with E-state index in [-0.39, 0.29) is 35.4 Å². The molecule has 1 saturated heterocycles. The molecule has 2 aliphatic heterocycles. The van der Waals surface area contributed by atoms with Gasteiger partial charge in [-0.25, -0.2) is 4.98 Å². The Kier molecular flexibility index (Phi) is 7.97. The van der Waals surface area contributed by atoms with E-state index < -0.39 is 29.2 Å². The summed E-state index contributed by atoms with van der Waals surface area (Å²) in [7, 11) is 1.51. The number of oxime groups is 1. The van der Waals surface area contributed by atoms with Crippen LogP contribution in [0.2, 0.25) is 0 Å². The molecule has 2 aromatic rings. The fourth-order valence-electron chi connectivity index (χ4n) is 4.66. The third kappa shape index (κ3) is 5.15. The molecule has 202 valence electrons. The average molecular weight is 579 g/mol. The number of nitrogens with zero attached hydrogens (tertiary/aromatic N) is 4. The summed E-state index contributed by atoms with van der Waals surface area (Å²) in [5.41, 5.74) is 9.54. The van der Waals surface area contributed by atoms with E-state index >= 15 is 0 Å². The zero-order valence-electron chi connectivity index (χ0n) is 20.5. The van der Waals surface area contributed by atoms with Gasteiger partial charge in [-0.1, -0.05) is 16.5 Å². The molecule has 0 spiro atoms. The number of nitrogen functional groups attached to an aromatic ring is 1. The number of thiazole rings is 2. The summed E-state index contributed by atoms with van der Waals surface area (Å²) in [6.07, 6.45) is 4.27. The van der Waals surface area contributed by atoms with Gasteiger partial charge < -0.3 is 30.5 Å². The van der Waals surface area contributed by atoms with Crippen molar-refractivity contribution in [1.82, 2.24) is 15.2 Å². The van der Waals surface area contributed by atoms with Crippen LogP contribution in [0.5, 0.6) is 0 Å². The number of anilines is 1. The van der Waals surface area contributed by atoms with Gasteiger partial charge in [-0.15, -0.1) is 23.1 Å². The maximum atomic E-state index is 13.1. The Morgan fingerprint density at radius 2 is 2.13 bits per heavy atom. The second kappa shape index (κ2) is 11.4. The predicted octanol–water partition coefficient (Wildman–Crippen LogP) is -0.576. The quantitative estimate of drug-likeness (QED) is 0.123. The Morgan fingerprint density at radius 3 is 2.87 bits per heavy atom. The van der Waals surface area contributed by atoms with Crippen LogP contribution in [0.25, 0.3) is 0 Å². The van der Waals surface area contributed by atoms with Crippen LogP contribution < -0.4 is 20.7 Å². The van der Waals surface area contributed by atoms with Gasteiger partial charge in [0.15, 0.2) is 23.1 Å². The minimum absolute atomic E-state index is 0.107. The molecule has 0 unspecified atom stereocenters. The number of aryl methyl sites for hydroxylation is 1. The summed E-state index contributed by atoms with van der Waals surface area (Å²) in [5, 5.41) is 19.9. The summed E-state index contributed by atoms with van der Waals surface area (Å²) in [6.45, 7) is 0.755. The molecule has 0 saturated carbocycles. The molecule has 2 amide bonds. The molecule has 38 heavy (non-hydrogen) atoms. The highest BCUT2D eigenvalue weighted by Gasteiger charge is 2.53. The first-order chi connectivity index (χ1) is 18.4. The first-order valence-electron chi connectivity index (χ1n) is 12.0. The minimum Gasteiger partial charge on any atom is -0.543 e. The van der Waals surface area contributed by atoms with E-state index in [0.717, 1.165) is 37.0 Å². The lowest BCUT2D eigenvalue weighted by Crippen LogP contribution is -2.71. The number of carbonyl (C=O) groups excluding carboxylic acids is 3. The van der Waals surface area contributed by atoms with Crippen molar-refractivity contribution in [2.45, 2.75) is 43.6 Å². The number of nitrogens with two attached hydrogens (primary N) is 1. The van der Waals surface area contributed by atoms with E-state index in [1.54, 1.807) is 16.7 Å². The van der Waals surface area contributed by atoms with E-state index in [1.165, 1.54) is 34.3 Å². The molecule has 0 bridgehead atoms. The second-order valence-electron chi connectivity index (χ2n) is 8.87. The Morgan fingerprint density at radius 1 is 1.32 bits per heavy atom. The number of fused-ring (bicyclic) bond motifs is 2. The van der Waals surface area contributed by atoms with E-state index in [2.05, 4.69) is 20.0 Å². The molecule has 1 aliphatic carbocycles. The van der Waals surface area contributed by atoms with Crippen LogP contribution in [-0.2, 0) is 43.3 Å². The van der Waals surface area contributed by atoms with E-state index in [4.69, 9.17) is 15.3 Å². The van der Waals surface area contributed by atoms with Gasteiger partial charge >= 0.3 is 0 Å². The third-order valence-corrected chi connectivity index (χ3v) is 9.56. The van der Waals surface area contributed by atoms with Crippen LogP contribution in [-0.4, -0.2) is 70.9 Å². The molecule has 2 aromatic heterocycles. The molecule has 4 heterocycles. The Hall–Kier alpha value is -3.01. The van der Waals surface area contributed by atoms with Crippen LogP contribution >= 0.6 is 34.4 Å². The molecule has 2 atom stereocenters. The smallest absolute Gasteiger partial charge is 0.276 e. The van der Waals surface area contributed by atoms with Crippen LogP contribution in [0.4, 0.5) is 5.13 Å². The average Bonchev–Trinajstić information content (AvgIpc) is 3.52. The van der Waals surface area contributed by atoms with Crippen molar-refractivity contribution in [2.75, 3.05) is 31.8 Å². The van der Waals surface area contributed by atoms with E-state index in [0.29, 0.717) is 17.9 Å². The van der Waals surface area contributed by atoms with Crippen molar-refractivity contribution >= 4 is 63.1 Å². The number of β-lactam (4-membered cyclic amide) rings is 1. The fourth-order valence-corrected chi connectivity index (χ4v) is 7.61. The van der Waals surface area contributed by atoms with Gasteiger partial charge in [0, 0.05) is 30.2 Å². The van der Waals surface area contributed by atoms with Crippen molar-refractivity contribution in [3.8, 4) is 0 Å². The zero-order valence-corrected chi connectivity index (χ0v) is 23.0. The number of carbonyl (C=O) groups is 3. The standard InChI is InChI=1S/C23H26N6O6S3/c1-34-6-7-35-27-16(13-10-37-23(24)25-13)19(30)26-17-20(31)29-18(22(32)33)12(9-36-21(17)29)8-28-11-38-15-5-3-2-4-14(15)28/h10-11,17,21H,2-9H2,1H3,(H3-,24,25,26,30,32,33)/b27-16-/t17-,21-/m1/s1. The number of nitrogens with one attached hydrogen (secondary N) is 1. The van der Waals surface area contributed by atoms with Crippen LogP contribution in [0, 0.1) is 0 Å². The van der Waals surface area contributed by atoms with Gasteiger partial charge in [-0.2, -0.15) is 4.57 Å². The lowest BCUT2D eigenvalue weighted by Gasteiger charge is -2.50. The van der Waals surface area contributed by atoms with E-state index in [9.17, 15) is 19.5 Å². The minimum atomic E-state index is -1.40. The number of hydrogen-bond acceptors (Lipinski definition) is 12. The lowest BCUT2D eigenvalue weighted by molar-refractivity contribution is -0.692. The van der Waals surface area contributed by atoms with Gasteiger partial charge in [0.2, 0.25) is 5.51 Å². The second-order valence-corrected chi connectivity index (χ2v) is 11.8. The number of hydrogen-bond donors (Lipinski definition) is 2. The summed E-state index contributed by atoms with van der Waals surface area (Å²) >= 11 is 4.22. The summed E-state index contributed by atoms with van der Waals surface area (Å²) in [5.74, 6) is -2.22. The van der Waals surface area contributed by atoms with Gasteiger partial charge in [0.25, 0.3) is 11.8 Å². The number of aliphatic carboxylic acids is 1. The van der Waals surface area contributed by atoms with Gasteiger partial charge in [-0.3, -0.25) is 14.5 Å². The highest BCUT2D eigenvalue weighted by Crippen LogP contribution is 2.40. The Bertz CT molecular complexity index is 1320. The van der Waals surface area contributed by atoms with Gasteiger partial charge in [-0.05, 0) is 19.3 Å². The summed E-state index contributed by atoms with van der Waals surface area (Å²) < 4.78 is 7.01. The number of ether oxygens (including phenoxy) is 1. The SMILES string of the molecule is COCCO/N=C(\C(=O)N[C@@H]1C(=O)N2C(C(=O)[O-])=C(C[n+]3csc4c3CCCC4)CS[C@H]12)c1csc(N)n1. The van der Waals surface area contributed by atoms with Crippen molar-refractivity contribution < 1.29 is 33.6 Å². The fraction of sp³-hybridized carbons (Fsp3) is 0.478. The number of thioether (sulfide) groups is 1. The molecule has 0 aromatic carbocycles. The molecule has 5 rings (SSSR count). The number of methoxy groups -OCH3 is 1. The Balaban J connectivity index is 1.33. The van der Waals surface area contributed by atoms with Crippen LogP contribution in [0.3, 0.4) is 0 Å². The lowest BCUT2D eigenvalue weighted by atomic mass is 10.0. The maximum absolute atomic E-state index is 13.1. The topological polar surface area (TPSA) is 163 Å². The molecule has 12 nitrogen and oxygen atoms in total. The molecule has 3 aliphatic rings. The molecule has 3 N–H and O–H groups in total. The largest absolute Gasteiger partial charge is 0.543 e. The molecular weight excluding hydrogens is 552 g/mol. The molecule has 1 fully saturated rings. The number of carboxylic acid groups (broad SMARTS) is 1. The van der Waals surface area contributed by atoms with Crippen molar-refractivity contribution in [3.05, 3.63) is 38.4 Å². The third-order valence-electron chi connectivity index (χ3n) is 6.46. The first-order valence-corrected chi connectivity index (χ1v) is 14.8. The molecule has 0 radical (unpaired) electrons. The van der Waals surface area contributed by atoms with E-state index in [1.807, 2.05) is 5.51 Å². The summed E-state index contributed by atoms with van der Waals surface area (Å²) in [4.78, 5) is 50.2. The normalized spacial score (nSPS) is 21.0. The first kappa shape index (κ1) is 26.6. The van der Waals surface area contributed by atoms with Crippen molar-refractivity contribution in [3.63, 3.8) is 0 Å². The summed E-state index contributed by atoms with van der Waals surface area (Å²) in [6, 6.07) is -0.940. The highest BCUT2D eigenvalue weighted by atomic mass is 32.2. The number of amides is 2. The maximum Gasteiger partial charge on any atom is 0.276 e. The number of carboxylic acids is 1. The zero-order chi connectivity index (χ0) is 26.8. The highest BCUT2D eigenvalue weighted by molar-refractivity contribution is 8.00. The van der Waals surface area contributed by atoms with Crippen molar-refractivity contribution in [1.29, 1.82) is 0 Å². The molecule has 15 heteroatoms. The predicted molar refractivity (Wildman–Crippen MR) is 139 cm³/mol. The number of aromatic nitrogens is 2. The van der Waals surface area contributed by atoms with Crippen LogP contribution in [0.15, 0.2) is 27.3 Å². The molecular formula is C23H26N6O6S3. The monoisotopic (exact) mass is 578 g/mol. The number of rotatable bonds is 10. The van der Waals surface area contributed by atoms with Crippen LogP contribution in [0.1, 0.15) is 29.1 Å². The van der Waals surface area contributed by atoms with Gasteiger partial charge in [0.1, 0.15) is 23.7 Å². The Labute approximate surface area is 230 Å². The van der Waals surface area contributed by atoms with Gasteiger partial charge in [0.05, 0.1) is 23.2 Å². The van der Waals surface area contributed by atoms with Crippen molar-refractivity contribution in [2.24, 2.45) is 5.16 Å².